The third kappa shape index (κ3) is 3.65. The molecular formula is C19H34N2O3. The van der Waals surface area contributed by atoms with Gasteiger partial charge < -0.3 is 4.90 Å². The van der Waals surface area contributed by atoms with Gasteiger partial charge in [0.05, 0.1) is 6.54 Å². The molecule has 0 aromatic carbocycles. The zero-order chi connectivity index (χ0) is 18.5. The van der Waals surface area contributed by atoms with Crippen LogP contribution in [0.4, 0.5) is 4.79 Å². The zero-order valence-electron chi connectivity index (χ0n) is 16.2. The summed E-state index contributed by atoms with van der Waals surface area (Å²) in [6, 6.07) is -0.338. The molecule has 0 spiro atoms. The molecule has 0 aliphatic carbocycles. The van der Waals surface area contributed by atoms with Crippen molar-refractivity contribution in [3.8, 4) is 0 Å². The highest BCUT2D eigenvalue weighted by molar-refractivity contribution is 6.09. The first-order chi connectivity index (χ1) is 11.3. The first-order valence-corrected chi connectivity index (χ1v) is 9.41. The highest BCUT2D eigenvalue weighted by Crippen LogP contribution is 2.36. The molecule has 1 atom stereocenters. The topological polar surface area (TPSA) is 57.7 Å². The molecular weight excluding hydrogens is 304 g/mol. The number of hydrogen-bond donors (Lipinski definition) is 0. The first-order valence-electron chi connectivity index (χ1n) is 9.41. The van der Waals surface area contributed by atoms with Crippen molar-refractivity contribution in [2.45, 2.75) is 78.7 Å². The maximum absolute atomic E-state index is 13.0. The van der Waals surface area contributed by atoms with Crippen LogP contribution in [0.1, 0.15) is 73.1 Å². The normalized spacial score (nSPS) is 21.5. The molecule has 0 radical (unpaired) electrons. The molecule has 3 amide bonds. The number of nitrogens with zero attached hydrogens (tertiary/aromatic N) is 2. The van der Waals surface area contributed by atoms with E-state index in [9.17, 15) is 14.4 Å². The molecule has 0 saturated carbocycles. The van der Waals surface area contributed by atoms with Gasteiger partial charge in [-0.15, -0.1) is 0 Å². The second kappa shape index (κ2) is 8.63. The summed E-state index contributed by atoms with van der Waals surface area (Å²) in [4.78, 5) is 41.0. The van der Waals surface area contributed by atoms with Crippen LogP contribution in [0.3, 0.4) is 0 Å². The predicted molar refractivity (Wildman–Crippen MR) is 95.7 cm³/mol. The molecule has 138 valence electrons. The Kier molecular flexibility index (Phi) is 7.43. The number of carbonyl (C=O) groups is 3. The Labute approximate surface area is 146 Å². The van der Waals surface area contributed by atoms with Gasteiger partial charge in [0.2, 0.25) is 0 Å². The summed E-state index contributed by atoms with van der Waals surface area (Å²) < 4.78 is 0. The average molecular weight is 338 g/mol. The van der Waals surface area contributed by atoms with Crippen molar-refractivity contribution in [1.82, 2.24) is 9.80 Å². The summed E-state index contributed by atoms with van der Waals surface area (Å²) in [5, 5.41) is 0. The molecule has 1 heterocycles. The summed E-state index contributed by atoms with van der Waals surface area (Å²) in [5.41, 5.74) is -0.841. The summed E-state index contributed by atoms with van der Waals surface area (Å²) in [6.45, 7) is 9.95. The summed E-state index contributed by atoms with van der Waals surface area (Å²) in [7, 11) is 1.68. The van der Waals surface area contributed by atoms with E-state index in [1.807, 2.05) is 20.8 Å². The average Bonchev–Trinajstić information content (AvgIpc) is 2.72. The van der Waals surface area contributed by atoms with Gasteiger partial charge in [-0.25, -0.2) is 4.79 Å². The lowest BCUT2D eigenvalue weighted by molar-refractivity contribution is -0.138. The fraction of sp³-hybridized carbons (Fsp3) is 0.842. The number of rotatable bonds is 10. The Morgan fingerprint density at radius 3 is 1.96 bits per heavy atom. The van der Waals surface area contributed by atoms with E-state index in [1.165, 1.54) is 9.80 Å². The number of urea groups is 1. The quantitative estimate of drug-likeness (QED) is 0.568. The SMILES string of the molecule is CCCC(CCC)C(=O)CN1C(=O)N(C)C(C)(C(CC)CC)C1=O. The number of ketones is 1. The molecule has 5 nitrogen and oxygen atoms in total. The number of Topliss-reactive ketones (excluding diaryl/α,β-unsaturated/α-hetero) is 1. The van der Waals surface area contributed by atoms with E-state index in [4.69, 9.17) is 0 Å². The zero-order valence-corrected chi connectivity index (χ0v) is 16.2. The molecule has 24 heavy (non-hydrogen) atoms. The van der Waals surface area contributed by atoms with Gasteiger partial charge in [-0.2, -0.15) is 0 Å². The fourth-order valence-electron chi connectivity index (χ4n) is 4.00. The number of carbonyl (C=O) groups excluding carboxylic acids is 3. The van der Waals surface area contributed by atoms with Gasteiger partial charge in [0, 0.05) is 13.0 Å². The Balaban J connectivity index is 2.99. The van der Waals surface area contributed by atoms with Crippen molar-refractivity contribution in [1.29, 1.82) is 0 Å². The van der Waals surface area contributed by atoms with Crippen molar-refractivity contribution >= 4 is 17.7 Å². The predicted octanol–water partition coefficient (Wildman–Crippen LogP) is 3.86. The van der Waals surface area contributed by atoms with E-state index < -0.39 is 5.54 Å². The first kappa shape index (κ1) is 20.7. The molecule has 0 N–H and O–H groups in total. The summed E-state index contributed by atoms with van der Waals surface area (Å²) in [5.74, 6) is -0.154. The second-order valence-electron chi connectivity index (χ2n) is 7.13. The minimum Gasteiger partial charge on any atom is -0.313 e. The highest BCUT2D eigenvalue weighted by atomic mass is 16.2. The lowest BCUT2D eigenvalue weighted by Gasteiger charge is -2.35. The second-order valence-corrected chi connectivity index (χ2v) is 7.13. The monoisotopic (exact) mass is 338 g/mol. The largest absolute Gasteiger partial charge is 0.327 e. The number of amides is 3. The number of likely N-dealkylation sites (N-methyl/N-ethyl adjacent to an activating group) is 1. The molecule has 1 fully saturated rings. The van der Waals surface area contributed by atoms with Crippen LogP contribution in [-0.4, -0.2) is 46.7 Å². The fourth-order valence-corrected chi connectivity index (χ4v) is 4.00. The standard InChI is InChI=1S/C19H34N2O3/c1-7-11-14(12-8-2)16(22)13-21-17(23)19(5,15(9-3)10-4)20(6)18(21)24/h14-15H,7-13H2,1-6H3. The van der Waals surface area contributed by atoms with Crippen LogP contribution in [0.5, 0.6) is 0 Å². The minimum absolute atomic E-state index is 0.0163. The van der Waals surface area contributed by atoms with Gasteiger partial charge >= 0.3 is 6.03 Å². The van der Waals surface area contributed by atoms with E-state index in [0.717, 1.165) is 38.5 Å². The smallest absolute Gasteiger partial charge is 0.313 e. The van der Waals surface area contributed by atoms with E-state index in [-0.39, 0.29) is 36.1 Å². The maximum Gasteiger partial charge on any atom is 0.327 e. The number of hydrogen-bond acceptors (Lipinski definition) is 3. The molecule has 1 aliphatic heterocycles. The van der Waals surface area contributed by atoms with Crippen molar-refractivity contribution in [2.75, 3.05) is 13.6 Å². The van der Waals surface area contributed by atoms with Gasteiger partial charge in [-0.05, 0) is 25.7 Å². The third-order valence-electron chi connectivity index (χ3n) is 5.72. The molecule has 0 bridgehead atoms. The van der Waals surface area contributed by atoms with E-state index in [1.54, 1.807) is 7.05 Å². The number of imide groups is 1. The molecule has 1 unspecified atom stereocenters. The van der Waals surface area contributed by atoms with Crippen LogP contribution in [0, 0.1) is 11.8 Å². The molecule has 1 rings (SSSR count). The maximum atomic E-state index is 13.0. The van der Waals surface area contributed by atoms with Crippen LogP contribution < -0.4 is 0 Å². The Morgan fingerprint density at radius 2 is 1.54 bits per heavy atom. The third-order valence-corrected chi connectivity index (χ3v) is 5.72. The van der Waals surface area contributed by atoms with Crippen molar-refractivity contribution in [2.24, 2.45) is 11.8 Å². The Bertz CT molecular complexity index is 467. The Morgan fingerprint density at radius 1 is 1.04 bits per heavy atom. The van der Waals surface area contributed by atoms with Crippen molar-refractivity contribution < 1.29 is 14.4 Å². The van der Waals surface area contributed by atoms with E-state index >= 15 is 0 Å². The molecule has 0 aromatic heterocycles. The minimum atomic E-state index is -0.841. The molecule has 0 aromatic rings. The van der Waals surface area contributed by atoms with Crippen LogP contribution in [-0.2, 0) is 9.59 Å². The van der Waals surface area contributed by atoms with E-state index in [0.29, 0.717) is 0 Å². The van der Waals surface area contributed by atoms with E-state index in [2.05, 4.69) is 13.8 Å². The van der Waals surface area contributed by atoms with Gasteiger partial charge in [-0.1, -0.05) is 53.4 Å². The lowest BCUT2D eigenvalue weighted by Crippen LogP contribution is -2.51. The molecule has 1 aliphatic rings. The Hall–Kier alpha value is -1.39. The van der Waals surface area contributed by atoms with Gasteiger partial charge in [0.1, 0.15) is 5.54 Å². The van der Waals surface area contributed by atoms with Crippen LogP contribution in [0.2, 0.25) is 0 Å². The van der Waals surface area contributed by atoms with Crippen molar-refractivity contribution in [3.63, 3.8) is 0 Å². The molecule has 5 heteroatoms. The van der Waals surface area contributed by atoms with Crippen LogP contribution in [0.15, 0.2) is 0 Å². The van der Waals surface area contributed by atoms with Gasteiger partial charge in [-0.3, -0.25) is 14.5 Å². The van der Waals surface area contributed by atoms with Gasteiger partial charge in [0.25, 0.3) is 5.91 Å². The van der Waals surface area contributed by atoms with Crippen molar-refractivity contribution in [3.05, 3.63) is 0 Å². The lowest BCUT2D eigenvalue weighted by atomic mass is 9.80. The molecule has 1 saturated heterocycles. The van der Waals surface area contributed by atoms with Gasteiger partial charge in [0.15, 0.2) is 5.78 Å². The van der Waals surface area contributed by atoms with Crippen LogP contribution >= 0.6 is 0 Å². The summed E-state index contributed by atoms with van der Waals surface area (Å²) in [6.07, 6.45) is 5.16. The summed E-state index contributed by atoms with van der Waals surface area (Å²) >= 11 is 0. The highest BCUT2D eigenvalue weighted by Gasteiger charge is 2.55. The van der Waals surface area contributed by atoms with Crippen LogP contribution in [0.25, 0.3) is 0 Å².